The lowest BCUT2D eigenvalue weighted by Crippen LogP contribution is -2.12. The van der Waals surface area contributed by atoms with Crippen molar-refractivity contribution in [1.29, 1.82) is 0 Å². The fraction of sp³-hybridized carbons (Fsp3) is 0.385. The molecule has 0 amide bonds. The standard InChI is InChI=1S/C13H17FN4O/c1-9(2)18-13(16-8-17-18)7-19-12-5-3-4-11(14)10(12)6-15/h3-5,8-9H,6-7,15H2,1-2H3. The molecular formula is C13H17FN4O. The topological polar surface area (TPSA) is 66.0 Å². The van der Waals surface area contributed by atoms with Gasteiger partial charge in [-0.3, -0.25) is 0 Å². The Hall–Kier alpha value is -1.95. The Bertz CT molecular complexity index is 553. The molecule has 0 spiro atoms. The Kier molecular flexibility index (Phi) is 4.11. The summed E-state index contributed by atoms with van der Waals surface area (Å²) in [6.07, 6.45) is 1.48. The van der Waals surface area contributed by atoms with Crippen LogP contribution >= 0.6 is 0 Å². The van der Waals surface area contributed by atoms with E-state index in [1.54, 1.807) is 16.8 Å². The lowest BCUT2D eigenvalue weighted by atomic mass is 10.2. The first kappa shape index (κ1) is 13.5. The molecule has 2 rings (SSSR count). The van der Waals surface area contributed by atoms with Gasteiger partial charge in [-0.05, 0) is 26.0 Å². The molecule has 0 atom stereocenters. The number of hydrogen-bond donors (Lipinski definition) is 1. The summed E-state index contributed by atoms with van der Waals surface area (Å²) in [5.41, 5.74) is 5.90. The lowest BCUT2D eigenvalue weighted by molar-refractivity contribution is 0.278. The summed E-state index contributed by atoms with van der Waals surface area (Å²) in [5, 5.41) is 4.11. The van der Waals surface area contributed by atoms with Crippen molar-refractivity contribution in [3.8, 4) is 5.75 Å². The van der Waals surface area contributed by atoms with E-state index in [1.165, 1.54) is 12.4 Å². The third-order valence-electron chi connectivity index (χ3n) is 2.77. The average Bonchev–Trinajstić information content (AvgIpc) is 2.84. The number of hydrogen-bond acceptors (Lipinski definition) is 4. The molecule has 0 aliphatic carbocycles. The highest BCUT2D eigenvalue weighted by molar-refractivity contribution is 5.34. The highest BCUT2D eigenvalue weighted by Crippen LogP contribution is 2.22. The molecule has 1 aromatic heterocycles. The van der Waals surface area contributed by atoms with Gasteiger partial charge in [-0.2, -0.15) is 5.10 Å². The monoisotopic (exact) mass is 264 g/mol. The molecule has 2 N–H and O–H groups in total. The molecule has 0 fully saturated rings. The number of aromatic nitrogens is 3. The molecule has 1 heterocycles. The number of benzene rings is 1. The second-order valence-electron chi connectivity index (χ2n) is 4.42. The second kappa shape index (κ2) is 5.79. The van der Waals surface area contributed by atoms with Crippen LogP contribution in [0.4, 0.5) is 4.39 Å². The van der Waals surface area contributed by atoms with Crippen LogP contribution in [0.25, 0.3) is 0 Å². The van der Waals surface area contributed by atoms with Crippen LogP contribution in [0.3, 0.4) is 0 Å². The molecule has 2 aromatic rings. The third kappa shape index (κ3) is 2.90. The summed E-state index contributed by atoms with van der Waals surface area (Å²) in [7, 11) is 0. The van der Waals surface area contributed by atoms with Gasteiger partial charge in [-0.1, -0.05) is 6.07 Å². The van der Waals surface area contributed by atoms with E-state index < -0.39 is 0 Å². The molecule has 0 unspecified atom stereocenters. The average molecular weight is 264 g/mol. The van der Waals surface area contributed by atoms with E-state index in [1.807, 2.05) is 13.8 Å². The van der Waals surface area contributed by atoms with Gasteiger partial charge >= 0.3 is 0 Å². The van der Waals surface area contributed by atoms with Gasteiger partial charge < -0.3 is 10.5 Å². The van der Waals surface area contributed by atoms with Crippen molar-refractivity contribution >= 4 is 0 Å². The number of halogens is 1. The molecule has 0 bridgehead atoms. The minimum Gasteiger partial charge on any atom is -0.485 e. The van der Waals surface area contributed by atoms with E-state index in [0.717, 1.165) is 0 Å². The number of nitrogens with zero attached hydrogens (tertiary/aromatic N) is 3. The summed E-state index contributed by atoms with van der Waals surface area (Å²) in [6.45, 7) is 4.34. The summed E-state index contributed by atoms with van der Waals surface area (Å²) in [6, 6.07) is 4.85. The number of ether oxygens (including phenoxy) is 1. The highest BCUT2D eigenvalue weighted by Gasteiger charge is 2.11. The van der Waals surface area contributed by atoms with Gasteiger partial charge in [0.05, 0.1) is 0 Å². The van der Waals surface area contributed by atoms with Crippen molar-refractivity contribution in [2.45, 2.75) is 33.0 Å². The van der Waals surface area contributed by atoms with Gasteiger partial charge in [0, 0.05) is 18.2 Å². The zero-order valence-electron chi connectivity index (χ0n) is 11.0. The Morgan fingerprint density at radius 2 is 2.21 bits per heavy atom. The first-order valence-corrected chi connectivity index (χ1v) is 6.12. The van der Waals surface area contributed by atoms with Crippen LogP contribution in [-0.4, -0.2) is 14.8 Å². The minimum absolute atomic E-state index is 0.0961. The summed E-state index contributed by atoms with van der Waals surface area (Å²) in [4.78, 5) is 4.13. The van der Waals surface area contributed by atoms with Gasteiger partial charge in [0.25, 0.3) is 0 Å². The molecule has 19 heavy (non-hydrogen) atoms. The number of rotatable bonds is 5. The maximum Gasteiger partial charge on any atom is 0.165 e. The van der Waals surface area contributed by atoms with Crippen molar-refractivity contribution in [2.75, 3.05) is 0 Å². The minimum atomic E-state index is -0.356. The lowest BCUT2D eigenvalue weighted by Gasteiger charge is -2.12. The van der Waals surface area contributed by atoms with Gasteiger partial charge in [0.1, 0.15) is 24.5 Å². The molecule has 0 saturated heterocycles. The summed E-state index contributed by atoms with van der Waals surface area (Å²) >= 11 is 0. The predicted molar refractivity (Wildman–Crippen MR) is 69.0 cm³/mol. The van der Waals surface area contributed by atoms with Crippen LogP contribution in [0, 0.1) is 5.82 Å². The van der Waals surface area contributed by atoms with E-state index in [2.05, 4.69) is 10.1 Å². The maximum atomic E-state index is 13.5. The Balaban J connectivity index is 2.15. The molecule has 5 nitrogen and oxygen atoms in total. The number of nitrogens with two attached hydrogens (primary N) is 1. The van der Waals surface area contributed by atoms with Crippen LogP contribution in [0.5, 0.6) is 5.75 Å². The first-order chi connectivity index (χ1) is 9.13. The Labute approximate surface area is 111 Å². The molecule has 6 heteroatoms. The first-order valence-electron chi connectivity index (χ1n) is 6.12. The van der Waals surface area contributed by atoms with E-state index in [-0.39, 0.29) is 25.0 Å². The van der Waals surface area contributed by atoms with Crippen LogP contribution in [0.2, 0.25) is 0 Å². The van der Waals surface area contributed by atoms with Crippen molar-refractivity contribution in [1.82, 2.24) is 14.8 Å². The normalized spacial score (nSPS) is 11.0. The molecule has 0 saturated carbocycles. The quantitative estimate of drug-likeness (QED) is 0.897. The van der Waals surface area contributed by atoms with Crippen LogP contribution in [0.1, 0.15) is 31.3 Å². The van der Waals surface area contributed by atoms with Crippen molar-refractivity contribution in [3.63, 3.8) is 0 Å². The predicted octanol–water partition coefficient (Wildman–Crippen LogP) is 2.04. The van der Waals surface area contributed by atoms with E-state index >= 15 is 0 Å². The molecule has 102 valence electrons. The molecule has 0 radical (unpaired) electrons. The van der Waals surface area contributed by atoms with Crippen molar-refractivity contribution in [3.05, 3.63) is 41.7 Å². The SMILES string of the molecule is CC(C)n1ncnc1COc1cccc(F)c1CN. The summed E-state index contributed by atoms with van der Waals surface area (Å²) in [5.74, 6) is 0.786. The zero-order chi connectivity index (χ0) is 13.8. The molecular weight excluding hydrogens is 247 g/mol. The Morgan fingerprint density at radius 1 is 1.42 bits per heavy atom. The van der Waals surface area contributed by atoms with Gasteiger partial charge in [0.2, 0.25) is 0 Å². The van der Waals surface area contributed by atoms with Crippen molar-refractivity contribution in [2.24, 2.45) is 5.73 Å². The molecule has 0 aliphatic heterocycles. The fourth-order valence-electron chi connectivity index (χ4n) is 1.82. The largest absolute Gasteiger partial charge is 0.485 e. The molecule has 1 aromatic carbocycles. The van der Waals surface area contributed by atoms with E-state index in [9.17, 15) is 4.39 Å². The van der Waals surface area contributed by atoms with Gasteiger partial charge in [-0.25, -0.2) is 14.1 Å². The maximum absolute atomic E-state index is 13.5. The summed E-state index contributed by atoms with van der Waals surface area (Å²) < 4.78 is 20.9. The Morgan fingerprint density at radius 3 is 2.89 bits per heavy atom. The van der Waals surface area contributed by atoms with E-state index in [4.69, 9.17) is 10.5 Å². The highest BCUT2D eigenvalue weighted by atomic mass is 19.1. The van der Waals surface area contributed by atoms with Crippen molar-refractivity contribution < 1.29 is 9.13 Å². The zero-order valence-corrected chi connectivity index (χ0v) is 11.0. The molecule has 0 aliphatic rings. The third-order valence-corrected chi connectivity index (χ3v) is 2.77. The van der Waals surface area contributed by atoms with Gasteiger partial charge in [-0.15, -0.1) is 0 Å². The van der Waals surface area contributed by atoms with Crippen LogP contribution < -0.4 is 10.5 Å². The fourth-order valence-corrected chi connectivity index (χ4v) is 1.82. The van der Waals surface area contributed by atoms with Crippen LogP contribution in [0.15, 0.2) is 24.5 Å². The van der Waals surface area contributed by atoms with E-state index in [0.29, 0.717) is 17.1 Å². The smallest absolute Gasteiger partial charge is 0.165 e. The van der Waals surface area contributed by atoms with Crippen LogP contribution in [-0.2, 0) is 13.2 Å². The van der Waals surface area contributed by atoms with Gasteiger partial charge in [0.15, 0.2) is 5.82 Å². The second-order valence-corrected chi connectivity index (χ2v) is 4.42.